The minimum atomic E-state index is -3.86. The fourth-order valence-electron chi connectivity index (χ4n) is 2.94. The molecule has 6 heteroatoms. The van der Waals surface area contributed by atoms with E-state index in [0.717, 1.165) is 24.0 Å². The molecule has 0 spiro atoms. The molecule has 2 aromatic rings. The number of para-hydroxylation sites is 1. The van der Waals surface area contributed by atoms with Gasteiger partial charge in [0, 0.05) is 6.04 Å². The molecular formula is C21H28N2O3S. The smallest absolute Gasteiger partial charge is 0.264 e. The van der Waals surface area contributed by atoms with Crippen LogP contribution in [-0.2, 0) is 14.8 Å². The predicted molar refractivity (Wildman–Crippen MR) is 109 cm³/mol. The summed E-state index contributed by atoms with van der Waals surface area (Å²) in [5.41, 5.74) is 2.28. The van der Waals surface area contributed by atoms with Crippen LogP contribution in [0.4, 0.5) is 5.69 Å². The maximum atomic E-state index is 13.3. The zero-order valence-corrected chi connectivity index (χ0v) is 17.2. The van der Waals surface area contributed by atoms with Crippen molar-refractivity contribution in [1.82, 2.24) is 5.32 Å². The van der Waals surface area contributed by atoms with Crippen LogP contribution in [0.5, 0.6) is 0 Å². The average Bonchev–Trinajstić information content (AvgIpc) is 2.61. The molecule has 0 heterocycles. The fourth-order valence-corrected chi connectivity index (χ4v) is 4.42. The summed E-state index contributed by atoms with van der Waals surface area (Å²) in [5.74, 6) is -0.310. The third-order valence-corrected chi connectivity index (χ3v) is 6.18. The summed E-state index contributed by atoms with van der Waals surface area (Å²) in [4.78, 5) is 12.7. The Morgan fingerprint density at radius 1 is 1.07 bits per heavy atom. The molecule has 0 bridgehead atoms. The molecule has 0 fully saturated rings. The molecule has 1 N–H and O–H groups in total. The summed E-state index contributed by atoms with van der Waals surface area (Å²) in [6, 6.07) is 13.9. The first kappa shape index (κ1) is 21.0. The van der Waals surface area contributed by atoms with Gasteiger partial charge in [-0.3, -0.25) is 9.10 Å². The number of aryl methyl sites for hydroxylation is 2. The van der Waals surface area contributed by atoms with E-state index >= 15 is 0 Å². The Balaban J connectivity index is 2.40. The lowest BCUT2D eigenvalue weighted by atomic mass is 10.2. The highest BCUT2D eigenvalue weighted by molar-refractivity contribution is 7.92. The predicted octanol–water partition coefficient (Wildman–Crippen LogP) is 3.80. The van der Waals surface area contributed by atoms with Crippen LogP contribution in [-0.4, -0.2) is 26.9 Å². The number of hydrogen-bond donors (Lipinski definition) is 1. The van der Waals surface area contributed by atoms with Crippen molar-refractivity contribution >= 4 is 21.6 Å². The van der Waals surface area contributed by atoms with Crippen LogP contribution in [0.15, 0.2) is 53.4 Å². The SMILES string of the molecule is CCC[C@@H](C)NC(=O)CN(c1ccccc1C)S(=O)(=O)c1ccc(C)cc1. The third kappa shape index (κ3) is 5.32. The molecule has 0 aliphatic carbocycles. The van der Waals surface area contributed by atoms with Gasteiger partial charge in [-0.15, -0.1) is 0 Å². The molecular weight excluding hydrogens is 360 g/mol. The molecule has 0 radical (unpaired) electrons. The molecule has 0 saturated carbocycles. The van der Waals surface area contributed by atoms with Crippen LogP contribution in [0.3, 0.4) is 0 Å². The Hall–Kier alpha value is -2.34. The molecule has 0 aliphatic heterocycles. The molecule has 27 heavy (non-hydrogen) atoms. The number of nitrogens with one attached hydrogen (secondary N) is 1. The van der Waals surface area contributed by atoms with Gasteiger partial charge in [-0.25, -0.2) is 8.42 Å². The molecule has 5 nitrogen and oxygen atoms in total. The maximum Gasteiger partial charge on any atom is 0.264 e. The molecule has 146 valence electrons. The van der Waals surface area contributed by atoms with Crippen molar-refractivity contribution in [2.45, 2.75) is 51.5 Å². The van der Waals surface area contributed by atoms with E-state index < -0.39 is 10.0 Å². The number of hydrogen-bond acceptors (Lipinski definition) is 3. The van der Waals surface area contributed by atoms with Crippen LogP contribution >= 0.6 is 0 Å². The molecule has 1 atom stereocenters. The highest BCUT2D eigenvalue weighted by atomic mass is 32.2. The summed E-state index contributed by atoms with van der Waals surface area (Å²) in [6.07, 6.45) is 1.80. The highest BCUT2D eigenvalue weighted by Gasteiger charge is 2.28. The topological polar surface area (TPSA) is 66.5 Å². The normalized spacial score (nSPS) is 12.4. The minimum absolute atomic E-state index is 0.00305. The largest absolute Gasteiger partial charge is 0.352 e. The maximum absolute atomic E-state index is 13.3. The van der Waals surface area contributed by atoms with Gasteiger partial charge in [-0.1, -0.05) is 49.2 Å². The fraction of sp³-hybridized carbons (Fsp3) is 0.381. The third-order valence-electron chi connectivity index (χ3n) is 4.41. The van der Waals surface area contributed by atoms with Gasteiger partial charge in [-0.05, 0) is 51.0 Å². The number of benzene rings is 2. The number of sulfonamides is 1. The average molecular weight is 389 g/mol. The summed E-state index contributed by atoms with van der Waals surface area (Å²) in [7, 11) is -3.86. The molecule has 0 aromatic heterocycles. The monoisotopic (exact) mass is 388 g/mol. The van der Waals surface area contributed by atoms with E-state index in [1.807, 2.05) is 39.8 Å². The molecule has 0 unspecified atom stereocenters. The van der Waals surface area contributed by atoms with Gasteiger partial charge in [0.05, 0.1) is 10.6 Å². The lowest BCUT2D eigenvalue weighted by Gasteiger charge is -2.26. The van der Waals surface area contributed by atoms with Gasteiger partial charge >= 0.3 is 0 Å². The van der Waals surface area contributed by atoms with Crippen LogP contribution in [0.1, 0.15) is 37.8 Å². The number of carbonyl (C=O) groups excluding carboxylic acids is 1. The quantitative estimate of drug-likeness (QED) is 0.748. The first-order chi connectivity index (χ1) is 12.8. The van der Waals surface area contributed by atoms with Crippen molar-refractivity contribution in [3.05, 3.63) is 59.7 Å². The van der Waals surface area contributed by atoms with Crippen LogP contribution < -0.4 is 9.62 Å². The number of rotatable bonds is 8. The van der Waals surface area contributed by atoms with Crippen molar-refractivity contribution in [2.24, 2.45) is 0 Å². The Kier molecular flexibility index (Phi) is 7.02. The lowest BCUT2D eigenvalue weighted by molar-refractivity contribution is -0.120. The molecule has 2 aromatic carbocycles. The van der Waals surface area contributed by atoms with Crippen molar-refractivity contribution in [1.29, 1.82) is 0 Å². The van der Waals surface area contributed by atoms with E-state index in [0.29, 0.717) is 5.69 Å². The molecule has 0 aliphatic rings. The van der Waals surface area contributed by atoms with Gasteiger partial charge in [0.2, 0.25) is 5.91 Å². The van der Waals surface area contributed by atoms with Gasteiger partial charge < -0.3 is 5.32 Å². The highest BCUT2D eigenvalue weighted by Crippen LogP contribution is 2.26. The van der Waals surface area contributed by atoms with Crippen LogP contribution in [0.2, 0.25) is 0 Å². The number of anilines is 1. The van der Waals surface area contributed by atoms with E-state index in [1.54, 1.807) is 36.4 Å². The second kappa shape index (κ2) is 9.04. The number of amides is 1. The van der Waals surface area contributed by atoms with E-state index in [4.69, 9.17) is 0 Å². The standard InChI is InChI=1S/C21H28N2O3S/c1-5-8-18(4)22-21(24)15-23(20-10-7-6-9-17(20)3)27(25,26)19-13-11-16(2)12-14-19/h6-7,9-14,18H,5,8,15H2,1-4H3,(H,22,24)/t18-/m1/s1. The van der Waals surface area contributed by atoms with Crippen LogP contribution in [0, 0.1) is 13.8 Å². The van der Waals surface area contributed by atoms with E-state index in [2.05, 4.69) is 5.32 Å². The zero-order valence-electron chi connectivity index (χ0n) is 16.4. The van der Waals surface area contributed by atoms with Gasteiger partial charge in [0.1, 0.15) is 6.54 Å². The Morgan fingerprint density at radius 2 is 1.70 bits per heavy atom. The van der Waals surface area contributed by atoms with Crippen molar-refractivity contribution < 1.29 is 13.2 Å². The van der Waals surface area contributed by atoms with E-state index in [-0.39, 0.29) is 23.4 Å². The summed E-state index contributed by atoms with van der Waals surface area (Å²) >= 11 is 0. The Morgan fingerprint density at radius 3 is 2.30 bits per heavy atom. The van der Waals surface area contributed by atoms with E-state index in [1.165, 1.54) is 4.31 Å². The Bertz CT molecular complexity index is 877. The van der Waals surface area contributed by atoms with Gasteiger partial charge in [0.15, 0.2) is 0 Å². The second-order valence-electron chi connectivity index (χ2n) is 6.87. The molecule has 2 rings (SSSR count). The van der Waals surface area contributed by atoms with Crippen molar-refractivity contribution in [3.63, 3.8) is 0 Å². The van der Waals surface area contributed by atoms with Crippen molar-refractivity contribution in [3.8, 4) is 0 Å². The minimum Gasteiger partial charge on any atom is -0.352 e. The molecule has 1 amide bonds. The van der Waals surface area contributed by atoms with Crippen LogP contribution in [0.25, 0.3) is 0 Å². The van der Waals surface area contributed by atoms with Gasteiger partial charge in [0.25, 0.3) is 10.0 Å². The second-order valence-corrected chi connectivity index (χ2v) is 8.73. The van der Waals surface area contributed by atoms with E-state index in [9.17, 15) is 13.2 Å². The lowest BCUT2D eigenvalue weighted by Crippen LogP contribution is -2.43. The number of nitrogens with zero attached hydrogens (tertiary/aromatic N) is 1. The summed E-state index contributed by atoms with van der Waals surface area (Å²) in [6.45, 7) is 7.45. The summed E-state index contributed by atoms with van der Waals surface area (Å²) < 4.78 is 27.8. The first-order valence-electron chi connectivity index (χ1n) is 9.20. The Labute approximate surface area is 162 Å². The zero-order chi connectivity index (χ0) is 20.0. The number of carbonyl (C=O) groups is 1. The first-order valence-corrected chi connectivity index (χ1v) is 10.6. The molecule has 0 saturated heterocycles. The summed E-state index contributed by atoms with van der Waals surface area (Å²) in [5, 5.41) is 2.89. The van der Waals surface area contributed by atoms with Gasteiger partial charge in [-0.2, -0.15) is 0 Å². The van der Waals surface area contributed by atoms with Crippen molar-refractivity contribution in [2.75, 3.05) is 10.8 Å².